The number of hydrogen-bond acceptors (Lipinski definition) is 3. The van der Waals surface area contributed by atoms with E-state index in [-0.39, 0.29) is 0 Å². The van der Waals surface area contributed by atoms with Crippen LogP contribution in [0.5, 0.6) is 0 Å². The van der Waals surface area contributed by atoms with Gasteiger partial charge in [-0.15, -0.1) is 0 Å². The van der Waals surface area contributed by atoms with Crippen molar-refractivity contribution in [2.75, 3.05) is 12.0 Å². The highest BCUT2D eigenvalue weighted by molar-refractivity contribution is 5.39. The predicted molar refractivity (Wildman–Crippen MR) is 72.9 cm³/mol. The molecule has 0 amide bonds. The van der Waals surface area contributed by atoms with Crippen LogP contribution in [0.25, 0.3) is 0 Å². The molecule has 0 radical (unpaired) electrons. The van der Waals surface area contributed by atoms with Crippen LogP contribution in [-0.2, 0) is 13.1 Å². The fourth-order valence-electron chi connectivity index (χ4n) is 1.82. The van der Waals surface area contributed by atoms with Crippen LogP contribution in [0.2, 0.25) is 0 Å². The van der Waals surface area contributed by atoms with Crippen molar-refractivity contribution in [2.24, 2.45) is 0 Å². The zero-order valence-electron chi connectivity index (χ0n) is 11.6. The Morgan fingerprint density at radius 3 is 2.79 bits per heavy atom. The van der Waals surface area contributed by atoms with Gasteiger partial charge in [-0.25, -0.2) is 4.39 Å². The maximum Gasteiger partial charge on any atom is 0.109 e. The fourth-order valence-corrected chi connectivity index (χ4v) is 1.82. The lowest BCUT2D eigenvalue weighted by Crippen LogP contribution is -2.01. The Hall–Kier alpha value is -1.85. The minimum Gasteiger partial charge on any atom is -0.378 e. The molecule has 0 saturated heterocycles. The molecule has 0 aliphatic heterocycles. The summed E-state index contributed by atoms with van der Waals surface area (Å²) < 4.78 is 15.7. The first-order chi connectivity index (χ1) is 9.10. The topological polar surface area (TPSA) is 47.7 Å². The van der Waals surface area contributed by atoms with E-state index in [1.165, 1.54) is 0 Å². The third-order valence-corrected chi connectivity index (χ3v) is 2.98. The van der Waals surface area contributed by atoms with Crippen LogP contribution in [-0.4, -0.2) is 26.2 Å². The van der Waals surface area contributed by atoms with Crippen LogP contribution in [0.15, 0.2) is 18.6 Å². The number of halogens is 1. The van der Waals surface area contributed by atoms with Gasteiger partial charge in [0.15, 0.2) is 0 Å². The zero-order chi connectivity index (χ0) is 13.8. The van der Waals surface area contributed by atoms with Crippen LogP contribution < -0.4 is 5.32 Å². The molecule has 0 aliphatic carbocycles. The second kappa shape index (κ2) is 5.86. The standard InChI is InChI=1S/C13H20FN5/c1-10(2)19-8-12(11(3)17-19)6-15-13-7-16-18(9-13)5-4-14/h7-10,15H,4-6H2,1-3H3. The molecule has 0 aliphatic rings. The molecule has 0 saturated carbocycles. The number of hydrogen-bond donors (Lipinski definition) is 1. The second-order valence-electron chi connectivity index (χ2n) is 4.85. The van der Waals surface area contributed by atoms with Crippen LogP contribution >= 0.6 is 0 Å². The summed E-state index contributed by atoms with van der Waals surface area (Å²) in [6, 6.07) is 0.361. The Bertz CT molecular complexity index is 529. The van der Waals surface area contributed by atoms with Gasteiger partial charge in [0.1, 0.15) is 6.67 Å². The Kier molecular flexibility index (Phi) is 4.19. The molecule has 104 valence electrons. The predicted octanol–water partition coefficient (Wildman–Crippen LogP) is 2.55. The molecule has 2 heterocycles. The van der Waals surface area contributed by atoms with Crippen molar-refractivity contribution in [1.29, 1.82) is 0 Å². The average Bonchev–Trinajstić information content (AvgIpc) is 2.94. The van der Waals surface area contributed by atoms with Gasteiger partial charge in [-0.1, -0.05) is 0 Å². The third-order valence-electron chi connectivity index (χ3n) is 2.98. The highest BCUT2D eigenvalue weighted by atomic mass is 19.1. The summed E-state index contributed by atoms with van der Waals surface area (Å²) in [5.74, 6) is 0. The van der Waals surface area contributed by atoms with E-state index in [0.717, 1.165) is 16.9 Å². The summed E-state index contributed by atoms with van der Waals surface area (Å²) in [7, 11) is 0. The monoisotopic (exact) mass is 265 g/mol. The number of aryl methyl sites for hydroxylation is 2. The Balaban J connectivity index is 1.97. The summed E-state index contributed by atoms with van der Waals surface area (Å²) in [5.41, 5.74) is 3.08. The van der Waals surface area contributed by atoms with E-state index < -0.39 is 6.67 Å². The molecular formula is C13H20FN5. The third kappa shape index (κ3) is 3.33. The van der Waals surface area contributed by atoms with Crippen LogP contribution in [0.4, 0.5) is 10.1 Å². The summed E-state index contributed by atoms with van der Waals surface area (Å²) in [4.78, 5) is 0. The summed E-state index contributed by atoms with van der Waals surface area (Å²) >= 11 is 0. The normalized spacial score (nSPS) is 11.2. The van der Waals surface area contributed by atoms with Gasteiger partial charge in [-0.3, -0.25) is 9.36 Å². The van der Waals surface area contributed by atoms with Gasteiger partial charge in [-0.2, -0.15) is 10.2 Å². The van der Waals surface area contributed by atoms with E-state index in [0.29, 0.717) is 19.1 Å². The number of nitrogens with zero attached hydrogens (tertiary/aromatic N) is 4. The van der Waals surface area contributed by atoms with Gasteiger partial charge in [0.05, 0.1) is 24.1 Å². The molecule has 6 heteroatoms. The molecule has 2 aromatic heterocycles. The van der Waals surface area contributed by atoms with E-state index in [9.17, 15) is 4.39 Å². The number of anilines is 1. The van der Waals surface area contributed by atoms with Gasteiger partial charge in [0.2, 0.25) is 0 Å². The maximum atomic E-state index is 12.2. The largest absolute Gasteiger partial charge is 0.378 e. The molecule has 0 atom stereocenters. The summed E-state index contributed by atoms with van der Waals surface area (Å²) in [5, 5.41) is 11.8. The van der Waals surface area contributed by atoms with E-state index in [1.54, 1.807) is 10.9 Å². The Morgan fingerprint density at radius 1 is 1.37 bits per heavy atom. The number of alkyl halides is 1. The lowest BCUT2D eigenvalue weighted by molar-refractivity contribution is 0.427. The van der Waals surface area contributed by atoms with Crippen molar-refractivity contribution < 1.29 is 4.39 Å². The van der Waals surface area contributed by atoms with Crippen molar-refractivity contribution in [1.82, 2.24) is 19.6 Å². The van der Waals surface area contributed by atoms with Gasteiger partial charge in [0.25, 0.3) is 0 Å². The highest BCUT2D eigenvalue weighted by Crippen LogP contribution is 2.13. The van der Waals surface area contributed by atoms with E-state index in [4.69, 9.17) is 0 Å². The van der Waals surface area contributed by atoms with Gasteiger partial charge in [0, 0.05) is 30.5 Å². The van der Waals surface area contributed by atoms with Crippen LogP contribution in [0, 0.1) is 6.92 Å². The first kappa shape index (κ1) is 13.6. The molecule has 19 heavy (non-hydrogen) atoms. The van der Waals surface area contributed by atoms with Crippen molar-refractivity contribution in [3.05, 3.63) is 29.8 Å². The van der Waals surface area contributed by atoms with E-state index in [1.807, 2.05) is 17.8 Å². The Morgan fingerprint density at radius 2 is 2.16 bits per heavy atom. The lowest BCUT2D eigenvalue weighted by Gasteiger charge is -2.03. The van der Waals surface area contributed by atoms with Crippen molar-refractivity contribution >= 4 is 5.69 Å². The molecule has 0 spiro atoms. The summed E-state index contributed by atoms with van der Waals surface area (Å²) in [6.07, 6.45) is 5.57. The van der Waals surface area contributed by atoms with Crippen LogP contribution in [0.3, 0.4) is 0 Å². The van der Waals surface area contributed by atoms with Crippen molar-refractivity contribution in [3.63, 3.8) is 0 Å². The molecule has 0 aromatic carbocycles. The molecule has 0 fully saturated rings. The minimum atomic E-state index is -0.401. The SMILES string of the molecule is Cc1nn(C(C)C)cc1CNc1cnn(CCF)c1. The smallest absolute Gasteiger partial charge is 0.109 e. The Labute approximate surface area is 112 Å². The molecule has 0 unspecified atom stereocenters. The van der Waals surface area contributed by atoms with Crippen LogP contribution in [0.1, 0.15) is 31.1 Å². The first-order valence-corrected chi connectivity index (χ1v) is 6.47. The van der Waals surface area contributed by atoms with Crippen molar-refractivity contribution in [2.45, 2.75) is 39.9 Å². The van der Waals surface area contributed by atoms with Gasteiger partial charge in [-0.05, 0) is 20.8 Å². The molecule has 0 bridgehead atoms. The maximum absolute atomic E-state index is 12.2. The molecular weight excluding hydrogens is 245 g/mol. The zero-order valence-corrected chi connectivity index (χ0v) is 11.6. The van der Waals surface area contributed by atoms with Gasteiger partial charge >= 0.3 is 0 Å². The highest BCUT2D eigenvalue weighted by Gasteiger charge is 2.07. The number of nitrogens with one attached hydrogen (secondary N) is 1. The minimum absolute atomic E-state index is 0.298. The first-order valence-electron chi connectivity index (χ1n) is 6.47. The summed E-state index contributed by atoms with van der Waals surface area (Å²) in [6.45, 7) is 6.80. The van der Waals surface area contributed by atoms with Crippen molar-refractivity contribution in [3.8, 4) is 0 Å². The molecule has 1 N–H and O–H groups in total. The fraction of sp³-hybridized carbons (Fsp3) is 0.538. The lowest BCUT2D eigenvalue weighted by atomic mass is 10.2. The number of aromatic nitrogens is 4. The molecule has 2 rings (SSSR count). The molecule has 2 aromatic rings. The quantitative estimate of drug-likeness (QED) is 0.873. The van der Waals surface area contributed by atoms with Gasteiger partial charge < -0.3 is 5.32 Å². The second-order valence-corrected chi connectivity index (χ2v) is 4.85. The van der Waals surface area contributed by atoms with E-state index in [2.05, 4.69) is 35.6 Å². The van der Waals surface area contributed by atoms with E-state index >= 15 is 0 Å². The average molecular weight is 265 g/mol. The molecule has 5 nitrogen and oxygen atoms in total. The number of rotatable bonds is 6.